The third-order valence-corrected chi connectivity index (χ3v) is 2.79. The molecule has 0 unspecified atom stereocenters. The van der Waals surface area contributed by atoms with Crippen molar-refractivity contribution in [1.29, 1.82) is 0 Å². The lowest BCUT2D eigenvalue weighted by Gasteiger charge is -2.16. The van der Waals surface area contributed by atoms with Crippen molar-refractivity contribution in [3.8, 4) is 0 Å². The molecule has 2 rings (SSSR count). The molecule has 1 aromatic carbocycles. The number of hydrogen-bond donors (Lipinski definition) is 0. The number of carbonyl (C=O) groups excluding carboxylic acids is 1. The molecular weight excluding hydrogens is 254 g/mol. The third-order valence-electron chi connectivity index (χ3n) is 2.79. The maximum Gasteiger partial charge on any atom is 0.357 e. The standard InChI is InChI=1S/C15H17N3O2/c1-18(11-13-5-3-2-4-6-13)9-10-20-15(19)14-7-8-16-12-17-14/h2-8,12H,9-11H2,1H3. The molecule has 0 saturated heterocycles. The zero-order chi connectivity index (χ0) is 14.2. The summed E-state index contributed by atoms with van der Waals surface area (Å²) in [6.45, 7) is 1.84. The quantitative estimate of drug-likeness (QED) is 0.749. The minimum Gasteiger partial charge on any atom is -0.460 e. The van der Waals surface area contributed by atoms with Crippen molar-refractivity contribution in [3.05, 3.63) is 60.2 Å². The van der Waals surface area contributed by atoms with Crippen molar-refractivity contribution in [2.24, 2.45) is 0 Å². The van der Waals surface area contributed by atoms with Crippen LogP contribution < -0.4 is 0 Å². The lowest BCUT2D eigenvalue weighted by Crippen LogP contribution is -2.24. The summed E-state index contributed by atoms with van der Waals surface area (Å²) in [5, 5.41) is 0. The van der Waals surface area contributed by atoms with Gasteiger partial charge in [0.25, 0.3) is 0 Å². The Morgan fingerprint density at radius 3 is 2.75 bits per heavy atom. The van der Waals surface area contributed by atoms with Gasteiger partial charge in [0.15, 0.2) is 5.69 Å². The van der Waals surface area contributed by atoms with Gasteiger partial charge >= 0.3 is 5.97 Å². The Hall–Kier alpha value is -2.27. The van der Waals surface area contributed by atoms with Crippen molar-refractivity contribution >= 4 is 5.97 Å². The Bertz CT molecular complexity index is 531. The van der Waals surface area contributed by atoms with Crippen LogP contribution in [0.4, 0.5) is 0 Å². The highest BCUT2D eigenvalue weighted by Crippen LogP contribution is 2.02. The van der Waals surface area contributed by atoms with Gasteiger partial charge in [-0.1, -0.05) is 30.3 Å². The summed E-state index contributed by atoms with van der Waals surface area (Å²) in [5.74, 6) is -0.416. The lowest BCUT2D eigenvalue weighted by atomic mass is 10.2. The van der Waals surface area contributed by atoms with E-state index in [9.17, 15) is 4.79 Å². The molecule has 5 nitrogen and oxygen atoms in total. The number of ether oxygens (including phenoxy) is 1. The average Bonchev–Trinajstić information content (AvgIpc) is 2.49. The van der Waals surface area contributed by atoms with Crippen LogP contribution in [0.25, 0.3) is 0 Å². The normalized spacial score (nSPS) is 10.5. The van der Waals surface area contributed by atoms with E-state index in [-0.39, 0.29) is 5.69 Å². The van der Waals surface area contributed by atoms with Gasteiger partial charge in [-0.05, 0) is 18.7 Å². The van der Waals surface area contributed by atoms with Gasteiger partial charge in [0, 0.05) is 19.3 Å². The molecule has 0 saturated carbocycles. The second-order valence-electron chi connectivity index (χ2n) is 4.45. The van der Waals surface area contributed by atoms with Crippen LogP contribution in [0.15, 0.2) is 48.9 Å². The number of nitrogens with zero attached hydrogens (tertiary/aromatic N) is 3. The number of esters is 1. The van der Waals surface area contributed by atoms with Gasteiger partial charge in [-0.15, -0.1) is 0 Å². The molecule has 1 heterocycles. The summed E-state index contributed by atoms with van der Waals surface area (Å²) in [6.07, 6.45) is 2.85. The maximum atomic E-state index is 11.7. The maximum absolute atomic E-state index is 11.7. The van der Waals surface area contributed by atoms with Crippen molar-refractivity contribution in [2.45, 2.75) is 6.54 Å². The van der Waals surface area contributed by atoms with E-state index in [0.29, 0.717) is 13.2 Å². The van der Waals surface area contributed by atoms with Crippen LogP contribution >= 0.6 is 0 Å². The minimum absolute atomic E-state index is 0.283. The van der Waals surface area contributed by atoms with Gasteiger partial charge in [0.05, 0.1) is 0 Å². The van der Waals surface area contributed by atoms with Crippen molar-refractivity contribution in [3.63, 3.8) is 0 Å². The van der Waals surface area contributed by atoms with Gasteiger partial charge in [0.1, 0.15) is 12.9 Å². The highest BCUT2D eigenvalue weighted by atomic mass is 16.5. The Kier molecular flexibility index (Phi) is 5.20. The Balaban J connectivity index is 1.72. The van der Waals surface area contributed by atoms with E-state index in [2.05, 4.69) is 27.0 Å². The molecule has 0 radical (unpaired) electrons. The zero-order valence-electron chi connectivity index (χ0n) is 11.4. The molecule has 20 heavy (non-hydrogen) atoms. The van der Waals surface area contributed by atoms with Crippen molar-refractivity contribution < 1.29 is 9.53 Å². The molecule has 0 aliphatic heterocycles. The van der Waals surface area contributed by atoms with E-state index in [1.54, 1.807) is 0 Å². The molecule has 0 bridgehead atoms. The van der Waals surface area contributed by atoms with Crippen LogP contribution in [0.2, 0.25) is 0 Å². The Morgan fingerprint density at radius 2 is 2.05 bits per heavy atom. The first kappa shape index (κ1) is 14.1. The summed E-state index contributed by atoms with van der Waals surface area (Å²) in [7, 11) is 1.99. The summed E-state index contributed by atoms with van der Waals surface area (Å²) >= 11 is 0. The molecule has 2 aromatic rings. The van der Waals surface area contributed by atoms with E-state index in [0.717, 1.165) is 6.54 Å². The monoisotopic (exact) mass is 271 g/mol. The van der Waals surface area contributed by atoms with Gasteiger partial charge in [0.2, 0.25) is 0 Å². The second-order valence-corrected chi connectivity index (χ2v) is 4.45. The molecule has 0 aliphatic rings. The highest BCUT2D eigenvalue weighted by Gasteiger charge is 2.08. The molecule has 0 amide bonds. The summed E-state index contributed by atoms with van der Waals surface area (Å²) in [4.78, 5) is 21.4. The SMILES string of the molecule is CN(CCOC(=O)c1ccncn1)Cc1ccccc1. The average molecular weight is 271 g/mol. The molecule has 0 fully saturated rings. The fraction of sp³-hybridized carbons (Fsp3) is 0.267. The van der Waals surface area contributed by atoms with Gasteiger partial charge in [-0.3, -0.25) is 4.90 Å². The number of benzene rings is 1. The van der Waals surface area contributed by atoms with E-state index in [4.69, 9.17) is 4.74 Å². The van der Waals surface area contributed by atoms with Crippen LogP contribution in [-0.4, -0.2) is 41.0 Å². The molecule has 5 heteroatoms. The first-order valence-electron chi connectivity index (χ1n) is 6.41. The molecule has 0 atom stereocenters. The molecular formula is C15H17N3O2. The van der Waals surface area contributed by atoms with Crippen LogP contribution in [-0.2, 0) is 11.3 Å². The number of hydrogen-bond acceptors (Lipinski definition) is 5. The molecule has 0 aliphatic carbocycles. The van der Waals surface area contributed by atoms with Crippen LogP contribution in [0.3, 0.4) is 0 Å². The number of carbonyl (C=O) groups is 1. The van der Waals surface area contributed by atoms with Gasteiger partial charge < -0.3 is 4.74 Å². The fourth-order valence-electron chi connectivity index (χ4n) is 1.75. The predicted molar refractivity (Wildman–Crippen MR) is 75.1 cm³/mol. The topological polar surface area (TPSA) is 55.3 Å². The molecule has 0 spiro atoms. The summed E-state index contributed by atoms with van der Waals surface area (Å²) in [6, 6.07) is 11.7. The molecule has 0 N–H and O–H groups in total. The van der Waals surface area contributed by atoms with Crippen LogP contribution in [0, 0.1) is 0 Å². The van der Waals surface area contributed by atoms with E-state index in [1.165, 1.54) is 24.2 Å². The predicted octanol–water partition coefficient (Wildman–Crippen LogP) is 1.77. The van der Waals surface area contributed by atoms with Crippen molar-refractivity contribution in [2.75, 3.05) is 20.2 Å². The third kappa shape index (κ3) is 4.44. The zero-order valence-corrected chi connectivity index (χ0v) is 11.4. The fourth-order valence-corrected chi connectivity index (χ4v) is 1.75. The van der Waals surface area contributed by atoms with Crippen molar-refractivity contribution in [1.82, 2.24) is 14.9 Å². The number of aromatic nitrogens is 2. The minimum atomic E-state index is -0.416. The Labute approximate surface area is 118 Å². The molecule has 1 aromatic heterocycles. The summed E-state index contributed by atoms with van der Waals surface area (Å²) < 4.78 is 5.17. The number of likely N-dealkylation sites (N-methyl/N-ethyl adjacent to an activating group) is 1. The van der Waals surface area contributed by atoms with E-state index in [1.807, 2.05) is 25.2 Å². The van der Waals surface area contributed by atoms with E-state index < -0.39 is 5.97 Å². The summed E-state index contributed by atoms with van der Waals surface area (Å²) in [5.41, 5.74) is 1.52. The first-order valence-corrected chi connectivity index (χ1v) is 6.41. The number of rotatable bonds is 6. The smallest absolute Gasteiger partial charge is 0.357 e. The second kappa shape index (κ2) is 7.35. The molecule has 104 valence electrons. The Morgan fingerprint density at radius 1 is 1.25 bits per heavy atom. The largest absolute Gasteiger partial charge is 0.460 e. The highest BCUT2D eigenvalue weighted by molar-refractivity contribution is 5.86. The van der Waals surface area contributed by atoms with E-state index >= 15 is 0 Å². The van der Waals surface area contributed by atoms with Gasteiger partial charge in [-0.25, -0.2) is 14.8 Å². The van der Waals surface area contributed by atoms with Crippen LogP contribution in [0.1, 0.15) is 16.1 Å². The lowest BCUT2D eigenvalue weighted by molar-refractivity contribution is 0.0463. The van der Waals surface area contributed by atoms with Crippen LogP contribution in [0.5, 0.6) is 0 Å². The first-order chi connectivity index (χ1) is 9.75. The van der Waals surface area contributed by atoms with Gasteiger partial charge in [-0.2, -0.15) is 0 Å².